The van der Waals surface area contributed by atoms with Crippen LogP contribution in [-0.2, 0) is 11.3 Å². The summed E-state index contributed by atoms with van der Waals surface area (Å²) in [6.07, 6.45) is 1.45. The number of carbonyl (C=O) groups is 1. The van der Waals surface area contributed by atoms with Gasteiger partial charge in [-0.3, -0.25) is 10.1 Å². The average Bonchev–Trinajstić information content (AvgIpc) is 3.30. The van der Waals surface area contributed by atoms with Crippen LogP contribution in [0.25, 0.3) is 11.7 Å². The van der Waals surface area contributed by atoms with Crippen LogP contribution in [0.5, 0.6) is 5.75 Å². The van der Waals surface area contributed by atoms with E-state index < -0.39 is 10.9 Å². The van der Waals surface area contributed by atoms with E-state index in [9.17, 15) is 14.9 Å². The SMILES string of the molecule is COc1ccc([N+](=O)[O-])cc1C(=O)OCc1nnc(-c2ccco2)o1. The molecule has 0 saturated carbocycles. The van der Waals surface area contributed by atoms with Crippen LogP contribution in [0.3, 0.4) is 0 Å². The zero-order valence-corrected chi connectivity index (χ0v) is 12.9. The maximum atomic E-state index is 12.2. The molecule has 10 heteroatoms. The van der Waals surface area contributed by atoms with Crippen LogP contribution < -0.4 is 4.74 Å². The summed E-state index contributed by atoms with van der Waals surface area (Å²) in [6, 6.07) is 6.91. The smallest absolute Gasteiger partial charge is 0.342 e. The first-order valence-corrected chi connectivity index (χ1v) is 6.94. The van der Waals surface area contributed by atoms with Gasteiger partial charge in [0.1, 0.15) is 11.3 Å². The van der Waals surface area contributed by atoms with Crippen LogP contribution in [0.2, 0.25) is 0 Å². The van der Waals surface area contributed by atoms with Gasteiger partial charge in [0.15, 0.2) is 12.4 Å². The summed E-state index contributed by atoms with van der Waals surface area (Å²) in [7, 11) is 1.34. The van der Waals surface area contributed by atoms with Crippen molar-refractivity contribution in [1.82, 2.24) is 10.2 Å². The highest BCUT2D eigenvalue weighted by atomic mass is 16.6. The predicted molar refractivity (Wildman–Crippen MR) is 80.8 cm³/mol. The maximum Gasteiger partial charge on any atom is 0.342 e. The number of esters is 1. The summed E-state index contributed by atoms with van der Waals surface area (Å²) < 4.78 is 20.5. The molecule has 0 N–H and O–H groups in total. The van der Waals surface area contributed by atoms with Crippen molar-refractivity contribution in [2.75, 3.05) is 7.11 Å². The first-order chi connectivity index (χ1) is 12.1. The number of aromatic nitrogens is 2. The Labute approximate surface area is 140 Å². The molecule has 0 aliphatic heterocycles. The molecule has 0 amide bonds. The molecule has 25 heavy (non-hydrogen) atoms. The molecule has 1 aromatic carbocycles. The van der Waals surface area contributed by atoms with Gasteiger partial charge in [0.25, 0.3) is 17.5 Å². The minimum atomic E-state index is -0.821. The number of nitro groups is 1. The van der Waals surface area contributed by atoms with Crippen LogP contribution in [-0.4, -0.2) is 28.2 Å². The Morgan fingerprint density at radius 3 is 2.84 bits per heavy atom. The summed E-state index contributed by atoms with van der Waals surface area (Å²) in [5.41, 5.74) is -0.340. The second kappa shape index (κ2) is 6.83. The fraction of sp³-hybridized carbons (Fsp3) is 0.133. The third-order valence-electron chi connectivity index (χ3n) is 3.14. The summed E-state index contributed by atoms with van der Waals surface area (Å²) in [5.74, 6) is -0.103. The van der Waals surface area contributed by atoms with Gasteiger partial charge >= 0.3 is 5.97 Å². The number of ether oxygens (including phenoxy) is 2. The van der Waals surface area contributed by atoms with E-state index in [0.29, 0.717) is 5.76 Å². The highest BCUT2D eigenvalue weighted by Crippen LogP contribution is 2.25. The Balaban J connectivity index is 1.72. The van der Waals surface area contributed by atoms with Gasteiger partial charge in [-0.25, -0.2) is 4.79 Å². The third kappa shape index (κ3) is 3.47. The van der Waals surface area contributed by atoms with Gasteiger partial charge in [0, 0.05) is 12.1 Å². The second-order valence-electron chi connectivity index (χ2n) is 4.70. The van der Waals surface area contributed by atoms with Crippen molar-refractivity contribution in [3.05, 3.63) is 58.2 Å². The van der Waals surface area contributed by atoms with Gasteiger partial charge in [0.2, 0.25) is 0 Å². The highest BCUT2D eigenvalue weighted by molar-refractivity contribution is 5.93. The number of methoxy groups -OCH3 is 1. The molecular weight excluding hydrogens is 334 g/mol. The molecule has 0 saturated heterocycles. The lowest BCUT2D eigenvalue weighted by Gasteiger charge is -2.07. The van der Waals surface area contributed by atoms with E-state index in [1.54, 1.807) is 12.1 Å². The monoisotopic (exact) mass is 345 g/mol. The van der Waals surface area contributed by atoms with Crippen molar-refractivity contribution >= 4 is 11.7 Å². The lowest BCUT2D eigenvalue weighted by molar-refractivity contribution is -0.384. The van der Waals surface area contributed by atoms with Gasteiger partial charge in [-0.1, -0.05) is 0 Å². The summed E-state index contributed by atoms with van der Waals surface area (Å²) >= 11 is 0. The van der Waals surface area contributed by atoms with Crippen LogP contribution in [0.15, 0.2) is 45.4 Å². The van der Waals surface area contributed by atoms with Gasteiger partial charge in [0.05, 0.1) is 18.3 Å². The summed E-state index contributed by atoms with van der Waals surface area (Å²) in [5, 5.41) is 18.3. The first kappa shape index (κ1) is 16.2. The van der Waals surface area contributed by atoms with E-state index in [4.69, 9.17) is 18.3 Å². The van der Waals surface area contributed by atoms with E-state index in [0.717, 1.165) is 6.07 Å². The largest absolute Gasteiger partial charge is 0.496 e. The number of furan rings is 1. The minimum absolute atomic E-state index is 0.0455. The molecule has 0 aliphatic rings. The van der Waals surface area contributed by atoms with Crippen LogP contribution in [0, 0.1) is 10.1 Å². The van der Waals surface area contributed by atoms with E-state index in [-0.39, 0.29) is 35.4 Å². The number of carbonyl (C=O) groups excluding carboxylic acids is 1. The molecule has 3 rings (SSSR count). The van der Waals surface area contributed by atoms with Gasteiger partial charge in [-0.15, -0.1) is 10.2 Å². The Bertz CT molecular complexity index is 902. The molecule has 0 radical (unpaired) electrons. The quantitative estimate of drug-likeness (QED) is 0.375. The lowest BCUT2D eigenvalue weighted by atomic mass is 10.2. The second-order valence-corrected chi connectivity index (χ2v) is 4.70. The van der Waals surface area contributed by atoms with E-state index >= 15 is 0 Å². The zero-order chi connectivity index (χ0) is 17.8. The number of nitrogens with zero attached hydrogens (tertiary/aromatic N) is 3. The zero-order valence-electron chi connectivity index (χ0n) is 12.9. The molecule has 0 spiro atoms. The van der Waals surface area contributed by atoms with Gasteiger partial charge in [-0.2, -0.15) is 0 Å². The molecule has 3 aromatic rings. The molecule has 0 unspecified atom stereocenters. The average molecular weight is 345 g/mol. The Morgan fingerprint density at radius 2 is 2.16 bits per heavy atom. The number of benzene rings is 1. The van der Waals surface area contributed by atoms with E-state index in [1.165, 1.54) is 25.5 Å². The molecule has 10 nitrogen and oxygen atoms in total. The third-order valence-corrected chi connectivity index (χ3v) is 3.14. The molecule has 128 valence electrons. The number of hydrogen-bond donors (Lipinski definition) is 0. The van der Waals surface area contributed by atoms with Crippen LogP contribution in [0.1, 0.15) is 16.2 Å². The molecule has 0 atom stereocenters. The molecule has 0 bridgehead atoms. The van der Waals surface area contributed by atoms with Crippen LogP contribution in [0.4, 0.5) is 5.69 Å². The maximum absolute atomic E-state index is 12.2. The van der Waals surface area contributed by atoms with Crippen LogP contribution >= 0.6 is 0 Å². The lowest BCUT2D eigenvalue weighted by Crippen LogP contribution is -2.08. The predicted octanol–water partition coefficient (Wildman–Crippen LogP) is 2.60. The molecule has 2 heterocycles. The van der Waals surface area contributed by atoms with Gasteiger partial charge in [-0.05, 0) is 18.2 Å². The fourth-order valence-corrected chi connectivity index (χ4v) is 1.99. The normalized spacial score (nSPS) is 10.4. The van der Waals surface area contributed by atoms with E-state index in [2.05, 4.69) is 10.2 Å². The Kier molecular flexibility index (Phi) is 4.42. The van der Waals surface area contributed by atoms with Crippen molar-refractivity contribution < 1.29 is 28.0 Å². The Morgan fingerprint density at radius 1 is 1.32 bits per heavy atom. The molecule has 0 fully saturated rings. The van der Waals surface area contributed by atoms with Crippen molar-refractivity contribution in [2.24, 2.45) is 0 Å². The fourth-order valence-electron chi connectivity index (χ4n) is 1.99. The molecular formula is C15H11N3O7. The summed E-state index contributed by atoms with van der Waals surface area (Å²) in [4.78, 5) is 22.4. The van der Waals surface area contributed by atoms with Crippen molar-refractivity contribution in [3.8, 4) is 17.4 Å². The number of nitro benzene ring substituents is 1. The van der Waals surface area contributed by atoms with E-state index in [1.807, 2.05) is 0 Å². The highest BCUT2D eigenvalue weighted by Gasteiger charge is 2.20. The Hall–Kier alpha value is -3.69. The minimum Gasteiger partial charge on any atom is -0.496 e. The number of rotatable bonds is 6. The molecule has 0 aliphatic carbocycles. The summed E-state index contributed by atoms with van der Waals surface area (Å²) in [6.45, 7) is -0.307. The topological polar surface area (TPSA) is 131 Å². The standard InChI is InChI=1S/C15H11N3O7/c1-22-11-5-4-9(18(20)21)7-10(11)15(19)24-8-13-16-17-14(25-13)12-3-2-6-23-12/h2-7H,8H2,1H3. The number of hydrogen-bond acceptors (Lipinski definition) is 9. The van der Waals surface area contributed by atoms with Crippen molar-refractivity contribution in [3.63, 3.8) is 0 Å². The van der Waals surface area contributed by atoms with Crippen molar-refractivity contribution in [1.29, 1.82) is 0 Å². The van der Waals surface area contributed by atoms with Crippen molar-refractivity contribution in [2.45, 2.75) is 6.61 Å². The molecule has 2 aromatic heterocycles. The first-order valence-electron chi connectivity index (χ1n) is 6.94. The number of non-ortho nitro benzene ring substituents is 1. The van der Waals surface area contributed by atoms with Gasteiger partial charge < -0.3 is 18.3 Å².